The van der Waals surface area contributed by atoms with Gasteiger partial charge < -0.3 is 10.6 Å². The second-order valence-corrected chi connectivity index (χ2v) is 5.45. The van der Waals surface area contributed by atoms with Crippen LogP contribution in [0.3, 0.4) is 0 Å². The van der Waals surface area contributed by atoms with Crippen LogP contribution in [0.15, 0.2) is 24.3 Å². The number of rotatable bonds is 4. The number of nitrogens with zero attached hydrogens (tertiary/aromatic N) is 2. The van der Waals surface area contributed by atoms with Gasteiger partial charge in [0.25, 0.3) is 0 Å². The second kappa shape index (κ2) is 6.33. The summed E-state index contributed by atoms with van der Waals surface area (Å²) in [6.45, 7) is 6.57. The molecule has 1 heterocycles. The Bertz CT molecular complexity index is 453. The van der Waals surface area contributed by atoms with E-state index >= 15 is 0 Å². The van der Waals surface area contributed by atoms with Crippen molar-refractivity contribution >= 4 is 11.6 Å². The molecule has 2 atom stereocenters. The van der Waals surface area contributed by atoms with E-state index in [9.17, 15) is 9.18 Å². The fourth-order valence-electron chi connectivity index (χ4n) is 2.62. The summed E-state index contributed by atoms with van der Waals surface area (Å²) in [5.74, 6) is 0.153. The van der Waals surface area contributed by atoms with E-state index in [0.29, 0.717) is 19.0 Å². The molecular formula is C15H22FN3O. The molecular weight excluding hydrogens is 257 g/mol. The van der Waals surface area contributed by atoms with Crippen LogP contribution in [0.25, 0.3) is 0 Å². The Kier molecular flexibility index (Phi) is 4.73. The van der Waals surface area contributed by atoms with E-state index in [-0.39, 0.29) is 17.8 Å². The average molecular weight is 279 g/mol. The number of nitrogens with two attached hydrogens (primary N) is 1. The summed E-state index contributed by atoms with van der Waals surface area (Å²) in [4.78, 5) is 16.1. The van der Waals surface area contributed by atoms with Gasteiger partial charge in [0.1, 0.15) is 5.82 Å². The topological polar surface area (TPSA) is 49.6 Å². The van der Waals surface area contributed by atoms with Gasteiger partial charge in [0.15, 0.2) is 0 Å². The minimum absolute atomic E-state index is 0.0282. The average Bonchev–Trinajstić information content (AvgIpc) is 2.71. The van der Waals surface area contributed by atoms with Crippen LogP contribution >= 0.6 is 0 Å². The Morgan fingerprint density at radius 2 is 2.05 bits per heavy atom. The molecule has 1 amide bonds. The van der Waals surface area contributed by atoms with Crippen LogP contribution in [0.4, 0.5) is 10.1 Å². The lowest BCUT2D eigenvalue weighted by Crippen LogP contribution is -2.40. The molecule has 2 rings (SSSR count). The number of amides is 1. The number of anilines is 1. The molecule has 0 aromatic heterocycles. The van der Waals surface area contributed by atoms with Gasteiger partial charge in [-0.1, -0.05) is 6.92 Å². The maximum Gasteiger partial charge on any atom is 0.241 e. The van der Waals surface area contributed by atoms with Crippen molar-refractivity contribution in [3.05, 3.63) is 30.1 Å². The lowest BCUT2D eigenvalue weighted by Gasteiger charge is -2.24. The molecule has 0 aliphatic carbocycles. The number of halogens is 1. The highest BCUT2D eigenvalue weighted by Crippen LogP contribution is 2.17. The summed E-state index contributed by atoms with van der Waals surface area (Å²) >= 11 is 0. The SMILES string of the molecule is CCN(C(=O)CN1CC(C)C(N)C1)c1ccc(F)cc1. The Morgan fingerprint density at radius 3 is 2.55 bits per heavy atom. The number of carbonyl (C=O) groups excluding carboxylic acids is 1. The van der Waals surface area contributed by atoms with Crippen LogP contribution in [0.5, 0.6) is 0 Å². The lowest BCUT2D eigenvalue weighted by atomic mass is 10.1. The largest absolute Gasteiger partial charge is 0.326 e. The Labute approximate surface area is 119 Å². The van der Waals surface area contributed by atoms with Crippen LogP contribution in [-0.2, 0) is 4.79 Å². The van der Waals surface area contributed by atoms with E-state index in [2.05, 4.69) is 11.8 Å². The van der Waals surface area contributed by atoms with Crippen LogP contribution < -0.4 is 10.6 Å². The maximum absolute atomic E-state index is 12.9. The van der Waals surface area contributed by atoms with E-state index in [0.717, 1.165) is 18.8 Å². The quantitative estimate of drug-likeness (QED) is 0.907. The summed E-state index contributed by atoms with van der Waals surface area (Å²) in [6.07, 6.45) is 0. The summed E-state index contributed by atoms with van der Waals surface area (Å²) in [7, 11) is 0. The van der Waals surface area contributed by atoms with Crippen molar-refractivity contribution in [2.24, 2.45) is 11.7 Å². The van der Waals surface area contributed by atoms with Crippen LogP contribution in [0, 0.1) is 11.7 Å². The highest BCUT2D eigenvalue weighted by Gasteiger charge is 2.28. The van der Waals surface area contributed by atoms with Crippen LogP contribution in [0.1, 0.15) is 13.8 Å². The van der Waals surface area contributed by atoms with Crippen molar-refractivity contribution in [2.45, 2.75) is 19.9 Å². The van der Waals surface area contributed by atoms with Gasteiger partial charge in [-0.25, -0.2) is 4.39 Å². The van der Waals surface area contributed by atoms with Gasteiger partial charge >= 0.3 is 0 Å². The maximum atomic E-state index is 12.9. The monoisotopic (exact) mass is 279 g/mol. The fourth-order valence-corrected chi connectivity index (χ4v) is 2.62. The molecule has 1 aliphatic heterocycles. The van der Waals surface area contributed by atoms with Gasteiger partial charge in [-0.3, -0.25) is 9.69 Å². The van der Waals surface area contributed by atoms with Crippen molar-refractivity contribution < 1.29 is 9.18 Å². The first kappa shape index (κ1) is 14.9. The van der Waals surface area contributed by atoms with Crippen molar-refractivity contribution in [2.75, 3.05) is 31.1 Å². The Hall–Kier alpha value is -1.46. The smallest absolute Gasteiger partial charge is 0.241 e. The van der Waals surface area contributed by atoms with Gasteiger partial charge in [0.05, 0.1) is 6.54 Å². The van der Waals surface area contributed by atoms with Gasteiger partial charge in [-0.15, -0.1) is 0 Å². The van der Waals surface area contributed by atoms with E-state index in [1.165, 1.54) is 12.1 Å². The molecule has 0 spiro atoms. The van der Waals surface area contributed by atoms with Crippen molar-refractivity contribution in [1.82, 2.24) is 4.90 Å². The predicted octanol–water partition coefficient (Wildman–Crippen LogP) is 1.46. The molecule has 2 unspecified atom stereocenters. The first-order chi connectivity index (χ1) is 9.51. The first-order valence-electron chi connectivity index (χ1n) is 7.05. The number of hydrogen-bond donors (Lipinski definition) is 1. The molecule has 20 heavy (non-hydrogen) atoms. The van der Waals surface area contributed by atoms with Crippen LogP contribution in [-0.4, -0.2) is 43.0 Å². The third-order valence-corrected chi connectivity index (χ3v) is 3.86. The molecule has 1 fully saturated rings. The zero-order chi connectivity index (χ0) is 14.7. The zero-order valence-electron chi connectivity index (χ0n) is 12.1. The van der Waals surface area contributed by atoms with E-state index in [1.807, 2.05) is 6.92 Å². The first-order valence-corrected chi connectivity index (χ1v) is 7.05. The molecule has 1 aromatic rings. The molecule has 5 heteroatoms. The minimum Gasteiger partial charge on any atom is -0.326 e. The number of carbonyl (C=O) groups is 1. The van der Waals surface area contributed by atoms with Crippen molar-refractivity contribution in [1.29, 1.82) is 0 Å². The molecule has 0 bridgehead atoms. The number of benzene rings is 1. The van der Waals surface area contributed by atoms with Gasteiger partial charge in [-0.2, -0.15) is 0 Å². The molecule has 4 nitrogen and oxygen atoms in total. The standard InChI is InChI=1S/C15H22FN3O/c1-3-19(13-6-4-12(16)5-7-13)15(20)10-18-8-11(2)14(17)9-18/h4-7,11,14H,3,8-10,17H2,1-2H3. The molecule has 1 aliphatic rings. The second-order valence-electron chi connectivity index (χ2n) is 5.45. The molecule has 2 N–H and O–H groups in total. The van der Waals surface area contributed by atoms with Crippen molar-refractivity contribution in [3.63, 3.8) is 0 Å². The highest BCUT2D eigenvalue weighted by atomic mass is 19.1. The third-order valence-electron chi connectivity index (χ3n) is 3.86. The zero-order valence-corrected chi connectivity index (χ0v) is 12.1. The summed E-state index contributed by atoms with van der Waals surface area (Å²) in [5.41, 5.74) is 6.70. The van der Waals surface area contributed by atoms with Crippen LogP contribution in [0.2, 0.25) is 0 Å². The summed E-state index contributed by atoms with van der Waals surface area (Å²) in [6, 6.07) is 6.16. The van der Waals surface area contributed by atoms with Gasteiger partial charge in [0.2, 0.25) is 5.91 Å². The molecule has 1 aromatic carbocycles. The lowest BCUT2D eigenvalue weighted by molar-refractivity contribution is -0.119. The molecule has 110 valence electrons. The number of likely N-dealkylation sites (N-methyl/N-ethyl adjacent to an activating group) is 1. The molecule has 0 saturated carbocycles. The fraction of sp³-hybridized carbons (Fsp3) is 0.533. The van der Waals surface area contributed by atoms with E-state index < -0.39 is 0 Å². The minimum atomic E-state index is -0.295. The van der Waals surface area contributed by atoms with Gasteiger partial charge in [0, 0.05) is 31.4 Å². The third kappa shape index (κ3) is 3.35. The number of likely N-dealkylation sites (tertiary alicyclic amines) is 1. The Morgan fingerprint density at radius 1 is 1.40 bits per heavy atom. The molecule has 0 radical (unpaired) electrons. The molecule has 1 saturated heterocycles. The summed E-state index contributed by atoms with van der Waals surface area (Å²) in [5, 5.41) is 0. The highest BCUT2D eigenvalue weighted by molar-refractivity contribution is 5.94. The van der Waals surface area contributed by atoms with E-state index in [4.69, 9.17) is 5.73 Å². The summed E-state index contributed by atoms with van der Waals surface area (Å²) < 4.78 is 12.9. The normalized spacial score (nSPS) is 23.0. The number of hydrogen-bond acceptors (Lipinski definition) is 3. The van der Waals surface area contributed by atoms with Crippen molar-refractivity contribution in [3.8, 4) is 0 Å². The van der Waals surface area contributed by atoms with E-state index in [1.54, 1.807) is 17.0 Å². The Balaban J connectivity index is 2.01. The van der Waals surface area contributed by atoms with Gasteiger partial charge in [-0.05, 0) is 37.1 Å². The predicted molar refractivity (Wildman–Crippen MR) is 78.0 cm³/mol.